The third kappa shape index (κ3) is 9.37. The lowest BCUT2D eigenvalue weighted by Gasteiger charge is -2.34. The van der Waals surface area contributed by atoms with Crippen LogP contribution in [-0.2, 0) is 20.7 Å². The number of benzene rings is 2. The summed E-state index contributed by atoms with van der Waals surface area (Å²) in [5, 5.41) is 5.45. The molecule has 0 bridgehead atoms. The van der Waals surface area contributed by atoms with Crippen molar-refractivity contribution in [3.8, 4) is 0 Å². The van der Waals surface area contributed by atoms with Crippen LogP contribution in [0.15, 0.2) is 60.0 Å². The van der Waals surface area contributed by atoms with Crippen molar-refractivity contribution in [3.63, 3.8) is 0 Å². The molecular weight excluding hydrogens is 597 g/mol. The third-order valence-corrected chi connectivity index (χ3v) is 8.23. The largest absolute Gasteiger partial charge is 0.383 e. The molecule has 1 fully saturated rings. The minimum Gasteiger partial charge on any atom is -0.383 e. The zero-order valence-electron chi connectivity index (χ0n) is 23.3. The van der Waals surface area contributed by atoms with Crippen LogP contribution < -0.4 is 5.32 Å². The molecule has 0 unspecified atom stereocenters. The maximum atomic E-state index is 13.0. The van der Waals surface area contributed by atoms with Crippen molar-refractivity contribution in [2.45, 2.75) is 6.42 Å². The van der Waals surface area contributed by atoms with Crippen LogP contribution in [-0.4, -0.2) is 96.9 Å². The smallest absolute Gasteiger partial charge is 0.254 e. The number of hydrogen-bond donors (Lipinski definition) is 1. The Bertz CT molecular complexity index is 1390. The van der Waals surface area contributed by atoms with Gasteiger partial charge in [0, 0.05) is 57.3 Å². The lowest BCUT2D eigenvalue weighted by atomic mass is 10.2. The van der Waals surface area contributed by atoms with Crippen molar-refractivity contribution in [1.82, 2.24) is 19.7 Å². The van der Waals surface area contributed by atoms with Gasteiger partial charge in [0.2, 0.25) is 11.8 Å². The van der Waals surface area contributed by atoms with Crippen LogP contribution in [0.5, 0.6) is 0 Å². The van der Waals surface area contributed by atoms with Gasteiger partial charge in [0.1, 0.15) is 6.54 Å². The molecule has 3 amide bonds. The van der Waals surface area contributed by atoms with Crippen molar-refractivity contribution in [3.05, 3.63) is 86.9 Å². The second kappa shape index (κ2) is 15.8. The number of thiazole rings is 1. The Labute approximate surface area is 259 Å². The second-order valence-electron chi connectivity index (χ2n) is 9.71. The van der Waals surface area contributed by atoms with Gasteiger partial charge < -0.3 is 19.9 Å². The average Bonchev–Trinajstić information content (AvgIpc) is 3.43. The van der Waals surface area contributed by atoms with E-state index < -0.39 is 5.91 Å². The standard InChI is InChI=1S/C30H33Cl2N5O4S/c1-41-17-16-37(29(40)23-9-10-25(31)26(32)18-23)20-27(38)34-30-33-24(21-42-30)19-28(39)36-14-12-35(13-15-36)11-5-8-22-6-3-2-4-7-22/h2-10,18,21H,11-17,19-20H2,1H3,(H,33,34,38). The molecule has 0 radical (unpaired) electrons. The number of carbonyl (C=O) groups is 3. The maximum Gasteiger partial charge on any atom is 0.254 e. The van der Waals surface area contributed by atoms with Crippen molar-refractivity contribution >= 4 is 63.5 Å². The van der Waals surface area contributed by atoms with Crippen molar-refractivity contribution in [2.75, 3.05) is 64.8 Å². The van der Waals surface area contributed by atoms with Crippen molar-refractivity contribution in [1.29, 1.82) is 0 Å². The molecule has 0 aliphatic carbocycles. The Morgan fingerprint density at radius 2 is 1.83 bits per heavy atom. The molecule has 9 nitrogen and oxygen atoms in total. The summed E-state index contributed by atoms with van der Waals surface area (Å²) >= 11 is 13.3. The van der Waals surface area contributed by atoms with Gasteiger partial charge in [-0.05, 0) is 23.8 Å². The van der Waals surface area contributed by atoms with E-state index in [0.29, 0.717) is 34.5 Å². The van der Waals surface area contributed by atoms with Crippen LogP contribution in [0.2, 0.25) is 10.0 Å². The molecular formula is C30H33Cl2N5O4S. The number of halogens is 2. The summed E-state index contributed by atoms with van der Waals surface area (Å²) < 4.78 is 5.11. The molecule has 2 heterocycles. The number of nitrogens with zero attached hydrogens (tertiary/aromatic N) is 4. The molecule has 0 atom stereocenters. The maximum absolute atomic E-state index is 13.0. The van der Waals surface area contributed by atoms with Gasteiger partial charge in [0.15, 0.2) is 5.13 Å². The lowest BCUT2D eigenvalue weighted by molar-refractivity contribution is -0.132. The molecule has 42 heavy (non-hydrogen) atoms. The van der Waals surface area contributed by atoms with Gasteiger partial charge in [0.05, 0.1) is 28.8 Å². The topological polar surface area (TPSA) is 95.1 Å². The van der Waals surface area contributed by atoms with E-state index in [-0.39, 0.29) is 43.0 Å². The van der Waals surface area contributed by atoms with Crippen LogP contribution in [0.4, 0.5) is 5.13 Å². The molecule has 1 N–H and O–H groups in total. The summed E-state index contributed by atoms with van der Waals surface area (Å²) in [5.74, 6) is -0.779. The first-order chi connectivity index (χ1) is 20.3. The van der Waals surface area contributed by atoms with E-state index in [1.165, 1.54) is 41.0 Å². The van der Waals surface area contributed by atoms with Crippen LogP contribution in [0, 0.1) is 0 Å². The number of carbonyl (C=O) groups excluding carboxylic acids is 3. The highest BCUT2D eigenvalue weighted by Gasteiger charge is 2.23. The minimum absolute atomic E-state index is 0.00983. The van der Waals surface area contributed by atoms with E-state index >= 15 is 0 Å². The summed E-state index contributed by atoms with van der Waals surface area (Å²) in [6, 6.07) is 14.7. The molecule has 2 aromatic carbocycles. The average molecular weight is 631 g/mol. The number of amides is 3. The highest BCUT2D eigenvalue weighted by Crippen LogP contribution is 2.23. The van der Waals surface area contributed by atoms with Crippen molar-refractivity contribution < 1.29 is 19.1 Å². The molecule has 0 saturated carbocycles. The summed E-state index contributed by atoms with van der Waals surface area (Å²) in [6.45, 7) is 4.04. The summed E-state index contributed by atoms with van der Waals surface area (Å²) in [4.78, 5) is 48.7. The number of piperazine rings is 1. The molecule has 4 rings (SSSR count). The molecule has 1 aliphatic rings. The Hall–Kier alpha value is -3.28. The first kappa shape index (κ1) is 31.7. The van der Waals surface area contributed by atoms with Crippen LogP contribution in [0.3, 0.4) is 0 Å². The summed E-state index contributed by atoms with van der Waals surface area (Å²) in [5.41, 5.74) is 2.08. The molecule has 0 spiro atoms. The van der Waals surface area contributed by atoms with E-state index in [0.717, 1.165) is 19.6 Å². The number of aromatic nitrogens is 1. The first-order valence-corrected chi connectivity index (χ1v) is 15.1. The second-order valence-corrected chi connectivity index (χ2v) is 11.4. The molecule has 1 aliphatic heterocycles. The molecule has 3 aromatic rings. The number of hydrogen-bond acceptors (Lipinski definition) is 7. The van der Waals surface area contributed by atoms with Crippen molar-refractivity contribution in [2.24, 2.45) is 0 Å². The number of nitrogens with one attached hydrogen (secondary N) is 1. The minimum atomic E-state index is -0.413. The lowest BCUT2D eigenvalue weighted by Crippen LogP contribution is -2.49. The fraction of sp³-hybridized carbons (Fsp3) is 0.333. The quantitative estimate of drug-likeness (QED) is 0.315. The Morgan fingerprint density at radius 3 is 2.55 bits per heavy atom. The van der Waals surface area contributed by atoms with Crippen LogP contribution in [0.1, 0.15) is 21.6 Å². The number of methoxy groups -OCH3 is 1. The van der Waals surface area contributed by atoms with Crippen LogP contribution >= 0.6 is 34.5 Å². The van der Waals surface area contributed by atoms with Gasteiger partial charge >= 0.3 is 0 Å². The van der Waals surface area contributed by atoms with Gasteiger partial charge in [-0.15, -0.1) is 11.3 Å². The zero-order valence-corrected chi connectivity index (χ0v) is 25.6. The number of ether oxygens (including phenoxy) is 1. The SMILES string of the molecule is COCCN(CC(=O)Nc1nc(CC(=O)N2CCN(CC=Cc3ccccc3)CC2)cs1)C(=O)c1ccc(Cl)c(Cl)c1. The Balaban J connectivity index is 1.24. The van der Waals surface area contributed by atoms with Gasteiger partial charge in [0.25, 0.3) is 5.91 Å². The van der Waals surface area contributed by atoms with E-state index in [9.17, 15) is 14.4 Å². The molecule has 222 valence electrons. The fourth-order valence-electron chi connectivity index (χ4n) is 4.39. The third-order valence-electron chi connectivity index (χ3n) is 6.68. The fourth-order valence-corrected chi connectivity index (χ4v) is 5.42. The van der Waals surface area contributed by atoms with Gasteiger partial charge in [-0.1, -0.05) is 65.7 Å². The number of rotatable bonds is 12. The zero-order chi connectivity index (χ0) is 29.9. The van der Waals surface area contributed by atoms with Gasteiger partial charge in [-0.2, -0.15) is 0 Å². The highest BCUT2D eigenvalue weighted by atomic mass is 35.5. The predicted molar refractivity (Wildman–Crippen MR) is 167 cm³/mol. The summed E-state index contributed by atoms with van der Waals surface area (Å²) in [6.07, 6.45) is 4.43. The first-order valence-electron chi connectivity index (χ1n) is 13.5. The monoisotopic (exact) mass is 629 g/mol. The van der Waals surface area contributed by atoms with Crippen LogP contribution in [0.25, 0.3) is 6.08 Å². The normalized spacial score (nSPS) is 13.8. The van der Waals surface area contributed by atoms with E-state index in [1.807, 2.05) is 23.1 Å². The molecule has 12 heteroatoms. The Morgan fingerprint density at radius 1 is 1.07 bits per heavy atom. The van der Waals surface area contributed by atoms with Gasteiger partial charge in [-0.3, -0.25) is 19.3 Å². The van der Waals surface area contributed by atoms with E-state index in [2.05, 4.69) is 39.5 Å². The van der Waals surface area contributed by atoms with Gasteiger partial charge in [-0.25, -0.2) is 4.98 Å². The van der Waals surface area contributed by atoms with E-state index in [4.69, 9.17) is 27.9 Å². The highest BCUT2D eigenvalue weighted by molar-refractivity contribution is 7.13. The number of anilines is 1. The molecule has 1 aromatic heterocycles. The predicted octanol–water partition coefficient (Wildman–Crippen LogP) is 4.58. The Kier molecular flexibility index (Phi) is 11.9. The molecule has 1 saturated heterocycles. The summed E-state index contributed by atoms with van der Waals surface area (Å²) in [7, 11) is 1.52. The van der Waals surface area contributed by atoms with E-state index in [1.54, 1.807) is 11.4 Å².